The van der Waals surface area contributed by atoms with E-state index in [9.17, 15) is 9.59 Å². The summed E-state index contributed by atoms with van der Waals surface area (Å²) in [6.45, 7) is 6.39. The number of nitrogens with zero attached hydrogens (tertiary/aromatic N) is 1. The molecule has 2 aliphatic carbocycles. The highest BCUT2D eigenvalue weighted by Gasteiger charge is 2.71. The van der Waals surface area contributed by atoms with Crippen LogP contribution < -0.4 is 5.32 Å². The van der Waals surface area contributed by atoms with E-state index < -0.39 is 11.4 Å². The lowest BCUT2D eigenvalue weighted by molar-refractivity contribution is -0.130. The standard InChI is InChI=1S/C24H24BrIN2O3/c1-22(2)23(3)12-13-24(22,21(30)27-18-10-8-17(26)9-11-18)14-19(23)28-31-20(29)15-4-6-16(25)7-5-15/h4-11H,12-14H2,1-3H3,(H,27,30)/b28-19+. The van der Waals surface area contributed by atoms with Gasteiger partial charge in [0.25, 0.3) is 0 Å². The molecule has 0 saturated heterocycles. The van der Waals surface area contributed by atoms with E-state index >= 15 is 0 Å². The molecule has 7 heteroatoms. The molecular formula is C24H24BrIN2O3. The first-order chi connectivity index (χ1) is 14.6. The van der Waals surface area contributed by atoms with Crippen molar-refractivity contribution >= 4 is 61.8 Å². The third-order valence-corrected chi connectivity index (χ3v) is 8.84. The minimum absolute atomic E-state index is 0.00636. The maximum atomic E-state index is 13.5. The number of nitrogens with one attached hydrogen (secondary N) is 1. The van der Waals surface area contributed by atoms with Crippen molar-refractivity contribution in [2.24, 2.45) is 21.4 Å². The number of hydrogen-bond donors (Lipinski definition) is 1. The number of rotatable bonds is 4. The molecule has 2 unspecified atom stereocenters. The number of carbonyl (C=O) groups excluding carboxylic acids is 2. The monoisotopic (exact) mass is 594 g/mol. The van der Waals surface area contributed by atoms with E-state index in [-0.39, 0.29) is 16.7 Å². The van der Waals surface area contributed by atoms with Gasteiger partial charge in [-0.25, -0.2) is 4.79 Å². The summed E-state index contributed by atoms with van der Waals surface area (Å²) in [5.41, 5.74) is 0.787. The van der Waals surface area contributed by atoms with Gasteiger partial charge >= 0.3 is 5.97 Å². The summed E-state index contributed by atoms with van der Waals surface area (Å²) in [4.78, 5) is 31.3. The molecule has 162 valence electrons. The molecule has 4 rings (SSSR count). The van der Waals surface area contributed by atoms with Crippen molar-refractivity contribution in [3.63, 3.8) is 0 Å². The molecule has 2 aromatic rings. The molecule has 5 nitrogen and oxygen atoms in total. The predicted octanol–water partition coefficient (Wildman–Crippen LogP) is 6.42. The highest BCUT2D eigenvalue weighted by molar-refractivity contribution is 14.1. The van der Waals surface area contributed by atoms with E-state index in [0.717, 1.165) is 32.3 Å². The Labute approximate surface area is 204 Å². The van der Waals surface area contributed by atoms with Crippen molar-refractivity contribution in [3.8, 4) is 0 Å². The molecule has 0 spiro atoms. The quantitative estimate of drug-likeness (QED) is 0.252. The van der Waals surface area contributed by atoms with Crippen molar-refractivity contribution in [3.05, 3.63) is 62.1 Å². The van der Waals surface area contributed by atoms with Crippen LogP contribution in [0.3, 0.4) is 0 Å². The Morgan fingerprint density at radius 2 is 1.68 bits per heavy atom. The van der Waals surface area contributed by atoms with Gasteiger partial charge in [-0.3, -0.25) is 4.79 Å². The number of oxime groups is 1. The molecule has 0 radical (unpaired) electrons. The largest absolute Gasteiger partial charge is 0.365 e. The van der Waals surface area contributed by atoms with E-state index in [1.807, 2.05) is 24.3 Å². The average molecular weight is 595 g/mol. The molecular weight excluding hydrogens is 571 g/mol. The molecule has 2 bridgehead atoms. The summed E-state index contributed by atoms with van der Waals surface area (Å²) < 4.78 is 2.00. The van der Waals surface area contributed by atoms with Crippen molar-refractivity contribution in [2.75, 3.05) is 5.32 Å². The predicted molar refractivity (Wildman–Crippen MR) is 133 cm³/mol. The maximum absolute atomic E-state index is 13.5. The van der Waals surface area contributed by atoms with Gasteiger partial charge in [-0.2, -0.15) is 0 Å². The number of fused-ring (bicyclic) bond motifs is 2. The van der Waals surface area contributed by atoms with Crippen molar-refractivity contribution in [1.29, 1.82) is 0 Å². The fraction of sp³-hybridized carbons (Fsp3) is 0.375. The zero-order valence-electron chi connectivity index (χ0n) is 17.7. The lowest BCUT2D eigenvalue weighted by Gasteiger charge is -2.39. The second-order valence-electron chi connectivity index (χ2n) is 9.10. The van der Waals surface area contributed by atoms with E-state index in [4.69, 9.17) is 4.84 Å². The lowest BCUT2D eigenvalue weighted by Crippen LogP contribution is -2.43. The number of halogens is 2. The van der Waals surface area contributed by atoms with Gasteiger partial charge in [0, 0.05) is 25.6 Å². The molecule has 2 fully saturated rings. The van der Waals surface area contributed by atoms with Crippen LogP contribution in [0.15, 0.2) is 58.2 Å². The Hall–Kier alpha value is -1.74. The Morgan fingerprint density at radius 3 is 2.32 bits per heavy atom. The Balaban J connectivity index is 1.57. The van der Waals surface area contributed by atoms with E-state index in [2.05, 4.69) is 69.8 Å². The fourth-order valence-electron chi connectivity index (χ4n) is 5.04. The third kappa shape index (κ3) is 3.63. The van der Waals surface area contributed by atoms with E-state index in [1.54, 1.807) is 24.3 Å². The van der Waals surface area contributed by atoms with Crippen LogP contribution in [0.2, 0.25) is 0 Å². The van der Waals surface area contributed by atoms with Gasteiger partial charge in [-0.15, -0.1) is 0 Å². The minimum Gasteiger partial charge on any atom is -0.326 e. The van der Waals surface area contributed by atoms with Crippen molar-refractivity contribution < 1.29 is 14.4 Å². The zero-order chi connectivity index (χ0) is 22.4. The average Bonchev–Trinajstić information content (AvgIpc) is 3.05. The van der Waals surface area contributed by atoms with Crippen LogP contribution in [0.1, 0.15) is 50.4 Å². The normalized spacial score (nSPS) is 27.3. The molecule has 0 aliphatic heterocycles. The summed E-state index contributed by atoms with van der Waals surface area (Å²) in [6, 6.07) is 14.7. The minimum atomic E-state index is -0.590. The van der Waals surface area contributed by atoms with E-state index in [0.29, 0.717) is 12.0 Å². The highest BCUT2D eigenvalue weighted by Crippen LogP contribution is 2.71. The van der Waals surface area contributed by atoms with Gasteiger partial charge in [0.15, 0.2) is 0 Å². The van der Waals surface area contributed by atoms with Gasteiger partial charge in [0.05, 0.1) is 16.7 Å². The van der Waals surface area contributed by atoms with E-state index in [1.165, 1.54) is 0 Å². The molecule has 1 amide bonds. The fourth-order valence-corrected chi connectivity index (χ4v) is 5.67. The number of amides is 1. The molecule has 0 aromatic heterocycles. The van der Waals surface area contributed by atoms with Gasteiger partial charge in [0.1, 0.15) is 0 Å². The molecule has 0 heterocycles. The number of benzene rings is 2. The topological polar surface area (TPSA) is 67.8 Å². The van der Waals surface area contributed by atoms with Crippen LogP contribution in [0, 0.1) is 19.8 Å². The molecule has 2 saturated carbocycles. The van der Waals surface area contributed by atoms with Crippen LogP contribution in [-0.2, 0) is 9.63 Å². The molecule has 1 N–H and O–H groups in total. The van der Waals surface area contributed by atoms with Crippen molar-refractivity contribution in [2.45, 2.75) is 40.0 Å². The molecule has 2 atom stereocenters. The first kappa shape index (κ1) is 22.5. The van der Waals surface area contributed by atoms with Crippen LogP contribution in [0.25, 0.3) is 0 Å². The highest BCUT2D eigenvalue weighted by atomic mass is 127. The van der Waals surface area contributed by atoms with Gasteiger partial charge in [0.2, 0.25) is 5.91 Å². The summed E-state index contributed by atoms with van der Waals surface area (Å²) in [7, 11) is 0. The summed E-state index contributed by atoms with van der Waals surface area (Å²) in [5, 5.41) is 7.40. The summed E-state index contributed by atoms with van der Waals surface area (Å²) in [6.07, 6.45) is 2.10. The molecule has 2 aromatic carbocycles. The SMILES string of the molecule is CC12CCC(C(=O)Nc3ccc(I)cc3)(C/C1=N\OC(=O)c1ccc(Br)cc1)C2(C)C. The second kappa shape index (κ2) is 7.99. The number of hydrogen-bond acceptors (Lipinski definition) is 4. The van der Waals surface area contributed by atoms with Crippen LogP contribution >= 0.6 is 38.5 Å². The smallest absolute Gasteiger partial charge is 0.326 e. The summed E-state index contributed by atoms with van der Waals surface area (Å²) >= 11 is 5.60. The first-order valence-corrected chi connectivity index (χ1v) is 12.1. The van der Waals surface area contributed by atoms with Gasteiger partial charge in [-0.1, -0.05) is 41.9 Å². The Bertz CT molecular complexity index is 1070. The number of carbonyl (C=O) groups is 2. The van der Waals surface area contributed by atoms with Crippen LogP contribution in [0.4, 0.5) is 5.69 Å². The second-order valence-corrected chi connectivity index (χ2v) is 11.3. The molecule has 31 heavy (non-hydrogen) atoms. The zero-order valence-corrected chi connectivity index (χ0v) is 21.4. The van der Waals surface area contributed by atoms with Crippen LogP contribution in [-0.4, -0.2) is 17.6 Å². The summed E-state index contributed by atoms with van der Waals surface area (Å²) in [5.74, 6) is -0.492. The Kier molecular flexibility index (Phi) is 5.79. The van der Waals surface area contributed by atoms with Crippen LogP contribution in [0.5, 0.6) is 0 Å². The van der Waals surface area contributed by atoms with Gasteiger partial charge in [-0.05, 0) is 89.4 Å². The third-order valence-electron chi connectivity index (χ3n) is 7.59. The molecule has 2 aliphatic rings. The Morgan fingerprint density at radius 1 is 1.03 bits per heavy atom. The first-order valence-electron chi connectivity index (χ1n) is 10.2. The number of anilines is 1. The lowest BCUT2D eigenvalue weighted by atomic mass is 9.64. The van der Waals surface area contributed by atoms with Crippen molar-refractivity contribution in [1.82, 2.24) is 0 Å². The maximum Gasteiger partial charge on any atom is 0.365 e. The van der Waals surface area contributed by atoms with Gasteiger partial charge < -0.3 is 10.2 Å².